The number of fused-ring (bicyclic) bond motifs is 2. The van der Waals surface area contributed by atoms with E-state index >= 15 is 0 Å². The Hall–Kier alpha value is -2.30. The summed E-state index contributed by atoms with van der Waals surface area (Å²) >= 11 is 3.62. The molecule has 4 heterocycles. The fourth-order valence-corrected chi connectivity index (χ4v) is 5.32. The molecule has 0 atom stereocenters. The van der Waals surface area contributed by atoms with Gasteiger partial charge < -0.3 is 10.6 Å². The maximum Gasteiger partial charge on any atom is 0.0848 e. The van der Waals surface area contributed by atoms with Gasteiger partial charge in [0, 0.05) is 20.2 Å². The molecule has 0 unspecified atom stereocenters. The summed E-state index contributed by atoms with van der Waals surface area (Å²) in [6.07, 6.45) is 0. The first-order valence-corrected chi connectivity index (χ1v) is 9.50. The number of thioether (sulfide) groups is 2. The van der Waals surface area contributed by atoms with E-state index < -0.39 is 0 Å². The van der Waals surface area contributed by atoms with Gasteiger partial charge in [0.25, 0.3) is 0 Å². The molecule has 0 fully saturated rings. The summed E-state index contributed by atoms with van der Waals surface area (Å²) < 4.78 is 0. The molecule has 114 valence electrons. The van der Waals surface area contributed by atoms with Crippen molar-refractivity contribution in [3.63, 3.8) is 0 Å². The number of rotatable bonds is 0. The van der Waals surface area contributed by atoms with E-state index in [-0.39, 0.29) is 0 Å². The average Bonchev–Trinajstić information content (AvgIpc) is 3.23. The Bertz CT molecular complexity index is 1050. The Morgan fingerprint density at radius 1 is 0.542 bits per heavy atom. The SMILES string of the molecule is c1cc2c3cc1-c1ccc4c(c1)NC(=c1ccc(cc1)=C(N3)S2)S4. The van der Waals surface area contributed by atoms with E-state index in [0.29, 0.717) is 0 Å². The molecular weight excluding hydrogens is 332 g/mol. The van der Waals surface area contributed by atoms with Crippen molar-refractivity contribution in [2.24, 2.45) is 0 Å². The number of hydrogen-bond donors (Lipinski definition) is 2. The third kappa shape index (κ3) is 1.81. The lowest BCUT2D eigenvalue weighted by atomic mass is 10.0. The normalized spacial score (nSPS) is 15.7. The third-order valence-electron chi connectivity index (χ3n) is 4.62. The molecule has 0 radical (unpaired) electrons. The topological polar surface area (TPSA) is 24.1 Å². The van der Waals surface area contributed by atoms with Crippen LogP contribution in [-0.4, -0.2) is 0 Å². The van der Waals surface area contributed by atoms with Gasteiger partial charge in [-0.1, -0.05) is 59.9 Å². The minimum Gasteiger partial charge on any atom is -0.349 e. The van der Waals surface area contributed by atoms with Crippen molar-refractivity contribution in [3.8, 4) is 11.1 Å². The van der Waals surface area contributed by atoms with Crippen LogP contribution in [0.2, 0.25) is 0 Å². The predicted molar refractivity (Wildman–Crippen MR) is 103 cm³/mol. The lowest BCUT2D eigenvalue weighted by molar-refractivity contribution is 1.43. The molecule has 2 nitrogen and oxygen atoms in total. The molecule has 0 aromatic heterocycles. The van der Waals surface area contributed by atoms with Crippen LogP contribution in [0.25, 0.3) is 21.2 Å². The molecule has 0 spiro atoms. The second kappa shape index (κ2) is 4.62. The molecule has 0 saturated carbocycles. The van der Waals surface area contributed by atoms with Crippen molar-refractivity contribution in [3.05, 3.63) is 71.1 Å². The molecule has 4 heteroatoms. The van der Waals surface area contributed by atoms with Gasteiger partial charge in [-0.3, -0.25) is 0 Å². The highest BCUT2D eigenvalue weighted by Crippen LogP contribution is 2.45. The highest BCUT2D eigenvalue weighted by molar-refractivity contribution is 8.09. The van der Waals surface area contributed by atoms with Crippen LogP contribution in [0.5, 0.6) is 0 Å². The highest BCUT2D eigenvalue weighted by Gasteiger charge is 2.20. The quantitative estimate of drug-likeness (QED) is 0.637. The van der Waals surface area contributed by atoms with Crippen molar-refractivity contribution in [2.45, 2.75) is 9.79 Å². The maximum atomic E-state index is 3.59. The molecule has 24 heavy (non-hydrogen) atoms. The molecule has 3 aromatic rings. The summed E-state index contributed by atoms with van der Waals surface area (Å²) in [6, 6.07) is 22.2. The van der Waals surface area contributed by atoms with Crippen LogP contribution < -0.4 is 21.1 Å². The fourth-order valence-electron chi connectivity index (χ4n) is 3.34. The summed E-state index contributed by atoms with van der Waals surface area (Å²) in [4.78, 5) is 2.58. The van der Waals surface area contributed by atoms with Crippen LogP contribution in [0.1, 0.15) is 0 Å². The van der Waals surface area contributed by atoms with Gasteiger partial charge in [0.05, 0.1) is 21.4 Å². The lowest BCUT2D eigenvalue weighted by Gasteiger charge is -2.07. The van der Waals surface area contributed by atoms with E-state index in [0.717, 1.165) is 0 Å². The van der Waals surface area contributed by atoms with Gasteiger partial charge in [0.1, 0.15) is 0 Å². The van der Waals surface area contributed by atoms with Gasteiger partial charge in [0.15, 0.2) is 0 Å². The van der Waals surface area contributed by atoms with Gasteiger partial charge in [-0.25, -0.2) is 0 Å². The van der Waals surface area contributed by atoms with Gasteiger partial charge >= 0.3 is 0 Å². The van der Waals surface area contributed by atoms with Crippen LogP contribution in [0.3, 0.4) is 0 Å². The van der Waals surface area contributed by atoms with Crippen LogP contribution in [0.15, 0.2) is 70.5 Å². The van der Waals surface area contributed by atoms with Crippen LogP contribution in [0, 0.1) is 0 Å². The Morgan fingerprint density at radius 3 is 1.46 bits per heavy atom. The molecule has 0 saturated heterocycles. The number of anilines is 2. The number of nitrogens with one attached hydrogen (secondary N) is 2. The second-order valence-electron chi connectivity index (χ2n) is 6.11. The molecule has 0 amide bonds. The van der Waals surface area contributed by atoms with E-state index in [1.807, 2.05) is 23.5 Å². The van der Waals surface area contributed by atoms with Crippen molar-refractivity contribution >= 4 is 45.0 Å². The van der Waals surface area contributed by atoms with E-state index in [9.17, 15) is 0 Å². The van der Waals surface area contributed by atoms with Crippen molar-refractivity contribution in [1.82, 2.24) is 0 Å². The third-order valence-corrected chi connectivity index (χ3v) is 6.86. The highest BCUT2D eigenvalue weighted by atomic mass is 32.2. The van der Waals surface area contributed by atoms with Crippen LogP contribution in [0.4, 0.5) is 11.4 Å². The molecule has 3 aromatic carbocycles. The summed E-state index contributed by atoms with van der Waals surface area (Å²) in [7, 11) is 0. The predicted octanol–water partition coefficient (Wildman–Crippen LogP) is 4.23. The van der Waals surface area contributed by atoms with Crippen molar-refractivity contribution < 1.29 is 0 Å². The Balaban J connectivity index is 1.73. The average molecular weight is 344 g/mol. The van der Waals surface area contributed by atoms with Gasteiger partial charge in [-0.15, -0.1) is 0 Å². The molecule has 8 bridgehead atoms. The lowest BCUT2D eigenvalue weighted by Crippen LogP contribution is -2.14. The fraction of sp³-hybridized carbons (Fsp3) is 0. The molecule has 7 rings (SSSR count). The van der Waals surface area contributed by atoms with E-state index in [2.05, 4.69) is 71.3 Å². The Morgan fingerprint density at radius 2 is 1.00 bits per heavy atom. The van der Waals surface area contributed by atoms with E-state index in [4.69, 9.17) is 0 Å². The van der Waals surface area contributed by atoms with E-state index in [1.54, 1.807) is 0 Å². The molecular formula is C20H12N2S2. The number of hydrogen-bond acceptors (Lipinski definition) is 4. The molecule has 0 aliphatic carbocycles. The number of benzene rings is 3. The first-order valence-electron chi connectivity index (χ1n) is 7.86. The van der Waals surface area contributed by atoms with E-state index in [1.165, 1.54) is 52.8 Å². The zero-order valence-electron chi connectivity index (χ0n) is 12.6. The zero-order valence-corrected chi connectivity index (χ0v) is 14.2. The summed E-state index contributed by atoms with van der Waals surface area (Å²) in [5.74, 6) is 0. The minimum absolute atomic E-state index is 1.20. The summed E-state index contributed by atoms with van der Waals surface area (Å²) in [5.41, 5.74) is 4.89. The standard InChI is InChI=1S/C20H12N2S2/c1-2-12-4-3-11(1)19-21-15-9-13(5-7-17(15)23-19)14-6-8-18-16(10-14)22-20(12)24-18/h1-10,21-22H. The Kier molecular flexibility index (Phi) is 2.51. The van der Waals surface area contributed by atoms with Gasteiger partial charge in [0.2, 0.25) is 0 Å². The Labute approximate surface area is 147 Å². The summed E-state index contributed by atoms with van der Waals surface area (Å²) in [5, 5.41) is 12.1. The van der Waals surface area contributed by atoms with Crippen molar-refractivity contribution in [1.29, 1.82) is 0 Å². The first-order chi connectivity index (χ1) is 11.8. The molecule has 4 aliphatic rings. The smallest absolute Gasteiger partial charge is 0.0848 e. The van der Waals surface area contributed by atoms with Crippen LogP contribution in [-0.2, 0) is 0 Å². The maximum absolute atomic E-state index is 3.59. The molecule has 4 aliphatic heterocycles. The second-order valence-corrected chi connectivity index (χ2v) is 8.22. The van der Waals surface area contributed by atoms with Gasteiger partial charge in [-0.05, 0) is 35.4 Å². The van der Waals surface area contributed by atoms with Crippen LogP contribution >= 0.6 is 23.5 Å². The monoisotopic (exact) mass is 344 g/mol. The molecule has 2 N–H and O–H groups in total. The van der Waals surface area contributed by atoms with Gasteiger partial charge in [-0.2, -0.15) is 0 Å². The van der Waals surface area contributed by atoms with Crippen molar-refractivity contribution in [2.75, 3.05) is 10.6 Å². The largest absolute Gasteiger partial charge is 0.349 e. The minimum atomic E-state index is 1.20. The zero-order chi connectivity index (χ0) is 15.7. The summed E-state index contributed by atoms with van der Waals surface area (Å²) in [6.45, 7) is 0. The first kappa shape index (κ1) is 13.0.